The van der Waals surface area contributed by atoms with E-state index in [4.69, 9.17) is 9.84 Å². The lowest BCUT2D eigenvalue weighted by Gasteiger charge is -2.36. The van der Waals surface area contributed by atoms with Gasteiger partial charge in [-0.1, -0.05) is 17.7 Å². The Morgan fingerprint density at radius 1 is 1.44 bits per heavy atom. The number of hydrogen-bond donors (Lipinski definition) is 2. The molecule has 0 spiro atoms. The minimum Gasteiger partial charge on any atom is -0.396 e. The van der Waals surface area contributed by atoms with Crippen LogP contribution in [-0.2, 0) is 4.74 Å². The van der Waals surface area contributed by atoms with Crippen molar-refractivity contribution in [2.24, 2.45) is 5.92 Å². The molecule has 2 heterocycles. The number of aliphatic hydroxyl groups excluding tert-OH is 1. The summed E-state index contributed by atoms with van der Waals surface area (Å²) in [4.78, 5) is 0. The minimum atomic E-state index is 0.254. The fraction of sp³-hybridized carbons (Fsp3) is 0.600. The van der Waals surface area contributed by atoms with E-state index >= 15 is 0 Å². The number of aliphatic hydroxyl groups is 1. The van der Waals surface area contributed by atoms with Crippen molar-refractivity contribution in [3.8, 4) is 0 Å². The van der Waals surface area contributed by atoms with Crippen molar-refractivity contribution in [1.82, 2.24) is 0 Å². The molecule has 1 aromatic rings. The van der Waals surface area contributed by atoms with E-state index in [0.29, 0.717) is 12.0 Å². The SMILES string of the molecule is Cc1ccc2c(c1)[C@@H]1OCC[C@@H]1[C@H](CCCO)N2. The Morgan fingerprint density at radius 3 is 3.17 bits per heavy atom. The second-order valence-corrected chi connectivity index (χ2v) is 5.45. The summed E-state index contributed by atoms with van der Waals surface area (Å²) in [6.07, 6.45) is 3.27. The molecule has 0 radical (unpaired) electrons. The van der Waals surface area contributed by atoms with Crippen LogP contribution in [-0.4, -0.2) is 24.4 Å². The molecule has 1 fully saturated rings. The van der Waals surface area contributed by atoms with Gasteiger partial charge < -0.3 is 15.2 Å². The van der Waals surface area contributed by atoms with Gasteiger partial charge in [-0.15, -0.1) is 0 Å². The molecule has 18 heavy (non-hydrogen) atoms. The molecule has 3 heteroatoms. The number of hydrogen-bond acceptors (Lipinski definition) is 3. The number of fused-ring (bicyclic) bond motifs is 3. The molecule has 2 aliphatic heterocycles. The standard InChI is InChI=1S/C15H21NO2/c1-10-4-5-14-12(9-10)15-11(6-8-18-15)13(16-14)3-2-7-17/h4-5,9,11,13,15-17H,2-3,6-8H2,1H3/t11-,13+,15-/m1/s1. The third kappa shape index (κ3) is 2.02. The second-order valence-electron chi connectivity index (χ2n) is 5.45. The van der Waals surface area contributed by atoms with Crippen molar-refractivity contribution in [2.45, 2.75) is 38.3 Å². The van der Waals surface area contributed by atoms with Gasteiger partial charge in [0.1, 0.15) is 0 Å². The van der Waals surface area contributed by atoms with Crippen molar-refractivity contribution in [1.29, 1.82) is 0 Å². The van der Waals surface area contributed by atoms with Gasteiger partial charge in [0, 0.05) is 36.4 Å². The summed E-state index contributed by atoms with van der Waals surface area (Å²) in [7, 11) is 0. The molecule has 0 unspecified atom stereocenters. The quantitative estimate of drug-likeness (QED) is 0.862. The Hall–Kier alpha value is -1.06. The monoisotopic (exact) mass is 247 g/mol. The van der Waals surface area contributed by atoms with Crippen LogP contribution >= 0.6 is 0 Å². The van der Waals surface area contributed by atoms with Crippen LogP contribution in [0.4, 0.5) is 5.69 Å². The summed E-state index contributed by atoms with van der Waals surface area (Å²) in [6, 6.07) is 6.99. The van der Waals surface area contributed by atoms with Gasteiger partial charge in [-0.25, -0.2) is 0 Å². The van der Waals surface area contributed by atoms with E-state index in [2.05, 4.69) is 30.4 Å². The van der Waals surface area contributed by atoms with Crippen LogP contribution in [0.15, 0.2) is 18.2 Å². The summed E-state index contributed by atoms with van der Waals surface area (Å²) in [5.74, 6) is 0.561. The molecule has 0 aliphatic carbocycles. The second kappa shape index (κ2) is 4.90. The van der Waals surface area contributed by atoms with Crippen molar-refractivity contribution in [3.05, 3.63) is 29.3 Å². The Labute approximate surface area is 108 Å². The van der Waals surface area contributed by atoms with E-state index in [9.17, 15) is 0 Å². The number of nitrogens with one attached hydrogen (secondary N) is 1. The Kier molecular flexibility index (Phi) is 3.27. The van der Waals surface area contributed by atoms with Gasteiger partial charge in [0.25, 0.3) is 0 Å². The molecule has 0 saturated carbocycles. The largest absolute Gasteiger partial charge is 0.396 e. The van der Waals surface area contributed by atoms with Crippen molar-refractivity contribution in [3.63, 3.8) is 0 Å². The van der Waals surface area contributed by atoms with Crippen LogP contribution in [0.3, 0.4) is 0 Å². The molecule has 0 aromatic heterocycles. The lowest BCUT2D eigenvalue weighted by Crippen LogP contribution is -2.36. The highest BCUT2D eigenvalue weighted by Gasteiger charge is 2.40. The molecule has 1 saturated heterocycles. The summed E-state index contributed by atoms with van der Waals surface area (Å²) in [5, 5.41) is 12.6. The van der Waals surface area contributed by atoms with Gasteiger partial charge in [0.05, 0.1) is 6.10 Å². The molecular formula is C15H21NO2. The van der Waals surface area contributed by atoms with Gasteiger partial charge in [-0.2, -0.15) is 0 Å². The molecular weight excluding hydrogens is 226 g/mol. The van der Waals surface area contributed by atoms with E-state index in [-0.39, 0.29) is 12.7 Å². The summed E-state index contributed by atoms with van der Waals surface area (Å²) < 4.78 is 5.95. The maximum absolute atomic E-state index is 9.01. The molecule has 98 valence electrons. The number of ether oxygens (including phenoxy) is 1. The van der Waals surface area contributed by atoms with E-state index in [1.807, 2.05) is 0 Å². The highest BCUT2D eigenvalue weighted by molar-refractivity contribution is 5.57. The maximum atomic E-state index is 9.01. The first kappa shape index (κ1) is 12.0. The van der Waals surface area contributed by atoms with E-state index in [0.717, 1.165) is 25.9 Å². The summed E-state index contributed by atoms with van der Waals surface area (Å²) >= 11 is 0. The van der Waals surface area contributed by atoms with Crippen LogP contribution in [0.1, 0.15) is 36.5 Å². The van der Waals surface area contributed by atoms with Crippen LogP contribution in [0, 0.1) is 12.8 Å². The van der Waals surface area contributed by atoms with Crippen molar-refractivity contribution in [2.75, 3.05) is 18.5 Å². The van der Waals surface area contributed by atoms with Gasteiger partial charge >= 0.3 is 0 Å². The van der Waals surface area contributed by atoms with Gasteiger partial charge in [-0.05, 0) is 32.3 Å². The first-order valence-electron chi connectivity index (χ1n) is 6.89. The lowest BCUT2D eigenvalue weighted by molar-refractivity contribution is 0.0813. The molecule has 0 amide bonds. The maximum Gasteiger partial charge on any atom is 0.0893 e. The average Bonchev–Trinajstić information content (AvgIpc) is 2.86. The van der Waals surface area contributed by atoms with Crippen molar-refractivity contribution < 1.29 is 9.84 Å². The zero-order valence-corrected chi connectivity index (χ0v) is 10.9. The summed E-state index contributed by atoms with van der Waals surface area (Å²) in [6.45, 7) is 3.26. The highest BCUT2D eigenvalue weighted by atomic mass is 16.5. The first-order valence-corrected chi connectivity index (χ1v) is 6.89. The molecule has 0 bridgehead atoms. The minimum absolute atomic E-state index is 0.254. The zero-order chi connectivity index (χ0) is 12.5. The molecule has 2 aliphatic rings. The van der Waals surface area contributed by atoms with E-state index < -0.39 is 0 Å². The molecule has 2 N–H and O–H groups in total. The molecule has 1 aromatic carbocycles. The average molecular weight is 247 g/mol. The third-order valence-electron chi connectivity index (χ3n) is 4.18. The van der Waals surface area contributed by atoms with Crippen molar-refractivity contribution >= 4 is 5.69 Å². The van der Waals surface area contributed by atoms with Crippen LogP contribution in [0.25, 0.3) is 0 Å². The van der Waals surface area contributed by atoms with Gasteiger partial charge in [0.15, 0.2) is 0 Å². The number of rotatable bonds is 3. The predicted molar refractivity (Wildman–Crippen MR) is 71.7 cm³/mol. The first-order chi connectivity index (χ1) is 8.79. The normalized spacial score (nSPS) is 29.6. The van der Waals surface area contributed by atoms with Crippen LogP contribution in [0.5, 0.6) is 0 Å². The van der Waals surface area contributed by atoms with Crippen LogP contribution < -0.4 is 5.32 Å². The fourth-order valence-corrected chi connectivity index (χ4v) is 3.29. The number of benzene rings is 1. The van der Waals surface area contributed by atoms with Crippen LogP contribution in [0.2, 0.25) is 0 Å². The molecule has 3 rings (SSSR count). The highest BCUT2D eigenvalue weighted by Crippen LogP contribution is 2.45. The topological polar surface area (TPSA) is 41.5 Å². The fourth-order valence-electron chi connectivity index (χ4n) is 3.29. The Balaban J connectivity index is 1.89. The Morgan fingerprint density at radius 2 is 2.33 bits per heavy atom. The summed E-state index contributed by atoms with van der Waals surface area (Å²) in [5.41, 5.74) is 3.82. The number of aryl methyl sites for hydroxylation is 1. The smallest absolute Gasteiger partial charge is 0.0893 e. The third-order valence-corrected chi connectivity index (χ3v) is 4.18. The van der Waals surface area contributed by atoms with Gasteiger partial charge in [-0.3, -0.25) is 0 Å². The molecule has 3 nitrogen and oxygen atoms in total. The molecule has 3 atom stereocenters. The van der Waals surface area contributed by atoms with Gasteiger partial charge in [0.2, 0.25) is 0 Å². The number of anilines is 1. The zero-order valence-electron chi connectivity index (χ0n) is 10.9. The lowest BCUT2D eigenvalue weighted by atomic mass is 9.82. The van der Waals surface area contributed by atoms with E-state index in [1.54, 1.807) is 0 Å². The van der Waals surface area contributed by atoms with E-state index in [1.165, 1.54) is 16.8 Å². The predicted octanol–water partition coefficient (Wildman–Crippen LogP) is 2.64. The Bertz CT molecular complexity index is 433.